The molecule has 22 heavy (non-hydrogen) atoms. The van der Waals surface area contributed by atoms with Crippen molar-refractivity contribution >= 4 is 5.69 Å². The Morgan fingerprint density at radius 2 is 1.91 bits per heavy atom. The summed E-state index contributed by atoms with van der Waals surface area (Å²) in [5, 5.41) is 0. The van der Waals surface area contributed by atoms with Gasteiger partial charge in [-0.3, -0.25) is 9.97 Å². The van der Waals surface area contributed by atoms with Crippen LogP contribution in [0.1, 0.15) is 37.6 Å². The van der Waals surface area contributed by atoms with Gasteiger partial charge in [0.1, 0.15) is 0 Å². The maximum atomic E-state index is 4.64. The van der Waals surface area contributed by atoms with Crippen LogP contribution in [0.3, 0.4) is 0 Å². The number of hydrogen-bond donors (Lipinski definition) is 0. The molecule has 2 aromatic heterocycles. The average Bonchev–Trinajstić information content (AvgIpc) is 2.56. The van der Waals surface area contributed by atoms with Gasteiger partial charge in [-0.05, 0) is 44.7 Å². The summed E-state index contributed by atoms with van der Waals surface area (Å²) in [5.41, 5.74) is 5.82. The molecule has 0 aromatic carbocycles. The summed E-state index contributed by atoms with van der Waals surface area (Å²) >= 11 is 0. The summed E-state index contributed by atoms with van der Waals surface area (Å²) < 4.78 is 0. The fourth-order valence-corrected chi connectivity index (χ4v) is 3.36. The first kappa shape index (κ1) is 15.0. The van der Waals surface area contributed by atoms with Crippen LogP contribution < -0.4 is 4.90 Å². The summed E-state index contributed by atoms with van der Waals surface area (Å²) in [4.78, 5) is 11.5. The van der Waals surface area contributed by atoms with E-state index in [-0.39, 0.29) is 0 Å². The van der Waals surface area contributed by atoms with Gasteiger partial charge in [-0.15, -0.1) is 0 Å². The monoisotopic (exact) mass is 295 g/mol. The van der Waals surface area contributed by atoms with Crippen molar-refractivity contribution in [1.82, 2.24) is 9.97 Å². The number of pyridine rings is 2. The molecule has 3 rings (SSSR count). The molecule has 0 spiro atoms. The lowest BCUT2D eigenvalue weighted by molar-refractivity contribution is 0.394. The van der Waals surface area contributed by atoms with Crippen LogP contribution in [-0.2, 0) is 0 Å². The predicted molar refractivity (Wildman–Crippen MR) is 92.2 cm³/mol. The third-order valence-electron chi connectivity index (χ3n) is 4.91. The molecular weight excluding hydrogens is 270 g/mol. The Labute approximate surface area is 133 Å². The molecule has 2 aromatic rings. The highest BCUT2D eigenvalue weighted by molar-refractivity contribution is 5.70. The van der Waals surface area contributed by atoms with Gasteiger partial charge in [0.15, 0.2) is 0 Å². The first-order chi connectivity index (χ1) is 10.7. The van der Waals surface area contributed by atoms with Gasteiger partial charge in [-0.2, -0.15) is 0 Å². The number of nitrogens with zero attached hydrogens (tertiary/aromatic N) is 3. The summed E-state index contributed by atoms with van der Waals surface area (Å²) in [6.07, 6.45) is 7.72. The van der Waals surface area contributed by atoms with Crippen molar-refractivity contribution in [2.24, 2.45) is 5.92 Å². The second-order valence-electron chi connectivity index (χ2n) is 6.30. The average molecular weight is 295 g/mol. The quantitative estimate of drug-likeness (QED) is 0.841. The van der Waals surface area contributed by atoms with E-state index >= 15 is 0 Å². The van der Waals surface area contributed by atoms with Gasteiger partial charge in [0.2, 0.25) is 0 Å². The van der Waals surface area contributed by atoms with Gasteiger partial charge in [-0.1, -0.05) is 19.4 Å². The van der Waals surface area contributed by atoms with Crippen LogP contribution in [0.4, 0.5) is 5.69 Å². The van der Waals surface area contributed by atoms with Gasteiger partial charge in [-0.25, -0.2) is 0 Å². The van der Waals surface area contributed by atoms with Crippen molar-refractivity contribution in [3.05, 3.63) is 42.0 Å². The zero-order valence-corrected chi connectivity index (χ0v) is 13.8. The van der Waals surface area contributed by atoms with Crippen LogP contribution in [0, 0.1) is 19.8 Å². The van der Waals surface area contributed by atoms with E-state index in [0.717, 1.165) is 30.4 Å². The molecule has 0 unspecified atom stereocenters. The second-order valence-corrected chi connectivity index (χ2v) is 6.30. The van der Waals surface area contributed by atoms with Gasteiger partial charge in [0, 0.05) is 42.3 Å². The van der Waals surface area contributed by atoms with Crippen molar-refractivity contribution in [3.63, 3.8) is 0 Å². The Hall–Kier alpha value is -1.90. The topological polar surface area (TPSA) is 29.0 Å². The molecule has 1 fully saturated rings. The minimum absolute atomic E-state index is 0.897. The van der Waals surface area contributed by atoms with Crippen LogP contribution in [-0.4, -0.2) is 23.1 Å². The Bertz CT molecular complexity index is 643. The van der Waals surface area contributed by atoms with Crippen LogP contribution in [0.25, 0.3) is 11.1 Å². The Morgan fingerprint density at radius 3 is 2.59 bits per heavy atom. The van der Waals surface area contributed by atoms with E-state index in [1.54, 1.807) is 0 Å². The number of aryl methyl sites for hydroxylation is 2. The molecule has 3 heterocycles. The summed E-state index contributed by atoms with van der Waals surface area (Å²) in [7, 11) is 0. The Kier molecular flexibility index (Phi) is 4.41. The molecular formula is C19H25N3. The highest BCUT2D eigenvalue weighted by Crippen LogP contribution is 2.30. The lowest BCUT2D eigenvalue weighted by Crippen LogP contribution is -2.34. The van der Waals surface area contributed by atoms with E-state index in [1.807, 2.05) is 18.5 Å². The predicted octanol–water partition coefficient (Wildman–Crippen LogP) is 4.39. The molecule has 3 nitrogen and oxygen atoms in total. The molecule has 0 radical (unpaired) electrons. The van der Waals surface area contributed by atoms with Crippen molar-refractivity contribution in [1.29, 1.82) is 0 Å². The Morgan fingerprint density at radius 1 is 1.14 bits per heavy atom. The zero-order valence-electron chi connectivity index (χ0n) is 13.8. The molecule has 1 saturated heterocycles. The number of anilines is 1. The third-order valence-corrected chi connectivity index (χ3v) is 4.91. The fourth-order valence-electron chi connectivity index (χ4n) is 3.36. The minimum atomic E-state index is 0.897. The molecule has 116 valence electrons. The fraction of sp³-hybridized carbons (Fsp3) is 0.474. The van der Waals surface area contributed by atoms with Crippen molar-refractivity contribution in [2.45, 2.75) is 40.0 Å². The molecule has 0 atom stereocenters. The first-order valence-electron chi connectivity index (χ1n) is 8.32. The highest BCUT2D eigenvalue weighted by Gasteiger charge is 2.20. The number of hydrogen-bond acceptors (Lipinski definition) is 3. The maximum Gasteiger partial charge on any atom is 0.0606 e. The maximum absolute atomic E-state index is 4.64. The molecule has 0 saturated carbocycles. The number of aromatic nitrogens is 2. The van der Waals surface area contributed by atoms with E-state index < -0.39 is 0 Å². The van der Waals surface area contributed by atoms with E-state index in [4.69, 9.17) is 0 Å². The van der Waals surface area contributed by atoms with Gasteiger partial charge in [0.25, 0.3) is 0 Å². The summed E-state index contributed by atoms with van der Waals surface area (Å²) in [5.74, 6) is 0.897. The smallest absolute Gasteiger partial charge is 0.0606 e. The SMILES string of the molecule is CCC1CCN(c2cc(-c3cccnc3C)cnc2C)CC1. The third kappa shape index (κ3) is 2.99. The standard InChI is InChI=1S/C19H25N3/c1-4-16-7-10-22(11-8-16)19-12-17(13-21-15(19)3)18-6-5-9-20-14(18)2/h5-6,9,12-13,16H,4,7-8,10-11H2,1-3H3. The van der Waals surface area contributed by atoms with Gasteiger partial charge >= 0.3 is 0 Å². The molecule has 1 aliphatic rings. The Balaban J connectivity index is 1.89. The number of piperidine rings is 1. The van der Waals surface area contributed by atoms with E-state index in [0.29, 0.717) is 0 Å². The highest BCUT2D eigenvalue weighted by atomic mass is 15.1. The second kappa shape index (κ2) is 6.47. The van der Waals surface area contributed by atoms with E-state index in [9.17, 15) is 0 Å². The van der Waals surface area contributed by atoms with E-state index in [2.05, 4.69) is 47.8 Å². The molecule has 1 aliphatic heterocycles. The van der Waals surface area contributed by atoms with Crippen LogP contribution in [0.15, 0.2) is 30.6 Å². The van der Waals surface area contributed by atoms with Crippen LogP contribution in [0.2, 0.25) is 0 Å². The summed E-state index contributed by atoms with van der Waals surface area (Å²) in [6.45, 7) is 8.77. The minimum Gasteiger partial charge on any atom is -0.370 e. The van der Waals surface area contributed by atoms with Crippen molar-refractivity contribution in [2.75, 3.05) is 18.0 Å². The largest absolute Gasteiger partial charge is 0.370 e. The normalized spacial score (nSPS) is 16.0. The van der Waals surface area contributed by atoms with Crippen LogP contribution in [0.5, 0.6) is 0 Å². The lowest BCUT2D eigenvalue weighted by Gasteiger charge is -2.34. The molecule has 3 heteroatoms. The zero-order chi connectivity index (χ0) is 15.5. The molecule has 0 amide bonds. The van der Waals surface area contributed by atoms with Crippen molar-refractivity contribution < 1.29 is 0 Å². The first-order valence-corrected chi connectivity index (χ1v) is 8.32. The van der Waals surface area contributed by atoms with Gasteiger partial charge in [0.05, 0.1) is 11.4 Å². The molecule has 0 bridgehead atoms. The van der Waals surface area contributed by atoms with E-state index in [1.165, 1.54) is 36.1 Å². The number of rotatable bonds is 3. The molecule has 0 aliphatic carbocycles. The molecule has 0 N–H and O–H groups in total. The van der Waals surface area contributed by atoms with Crippen molar-refractivity contribution in [3.8, 4) is 11.1 Å². The van der Waals surface area contributed by atoms with Gasteiger partial charge < -0.3 is 4.90 Å². The summed E-state index contributed by atoms with van der Waals surface area (Å²) in [6, 6.07) is 6.41. The van der Waals surface area contributed by atoms with Crippen LogP contribution >= 0.6 is 0 Å². The lowest BCUT2D eigenvalue weighted by atomic mass is 9.94.